The van der Waals surface area contributed by atoms with Crippen molar-refractivity contribution in [2.45, 2.75) is 19.4 Å². The zero-order valence-corrected chi connectivity index (χ0v) is 10.2. The number of hydrogen-bond acceptors (Lipinski definition) is 3. The van der Waals surface area contributed by atoms with E-state index in [1.54, 1.807) is 6.92 Å². The monoisotopic (exact) mass is 281 g/mol. The first-order valence-electron chi connectivity index (χ1n) is 5.12. The maximum absolute atomic E-state index is 13.5. The number of nitrogens with two attached hydrogens (primary N) is 1. The van der Waals surface area contributed by atoms with Crippen LogP contribution >= 0.6 is 11.6 Å². The average molecular weight is 282 g/mol. The normalized spacial score (nSPS) is 12.3. The van der Waals surface area contributed by atoms with Crippen molar-refractivity contribution in [1.29, 1.82) is 0 Å². The number of benzene rings is 1. The van der Waals surface area contributed by atoms with Crippen LogP contribution in [0.4, 0.5) is 13.2 Å². The third-order valence-electron chi connectivity index (χ3n) is 2.21. The fraction of sp³-hybridized carbons (Fsp3) is 0.364. The van der Waals surface area contributed by atoms with Gasteiger partial charge in [-0.05, 0) is 18.6 Å². The summed E-state index contributed by atoms with van der Waals surface area (Å²) < 4.78 is 44.1. The van der Waals surface area contributed by atoms with Crippen LogP contribution in [-0.4, -0.2) is 18.6 Å². The smallest absolute Gasteiger partial charge is 0.323 e. The van der Waals surface area contributed by atoms with Gasteiger partial charge in [-0.25, -0.2) is 13.2 Å². The Morgan fingerprint density at radius 1 is 1.44 bits per heavy atom. The molecule has 0 fully saturated rings. The SMILES string of the molecule is CCOC(=O)C(N)Cc1cc(F)c(F)c(Cl)c1F. The van der Waals surface area contributed by atoms with E-state index in [1.165, 1.54) is 0 Å². The topological polar surface area (TPSA) is 52.3 Å². The van der Waals surface area contributed by atoms with Crippen LogP contribution in [0, 0.1) is 17.5 Å². The van der Waals surface area contributed by atoms with Gasteiger partial charge in [0.1, 0.15) is 16.9 Å². The molecular formula is C11H11ClF3NO2. The minimum absolute atomic E-state index is 0.119. The Morgan fingerprint density at radius 3 is 2.61 bits per heavy atom. The van der Waals surface area contributed by atoms with Crippen LogP contribution in [-0.2, 0) is 16.0 Å². The highest BCUT2D eigenvalue weighted by atomic mass is 35.5. The summed E-state index contributed by atoms with van der Waals surface area (Å²) in [6, 6.07) is -0.546. The molecule has 0 bridgehead atoms. The second-order valence-corrected chi connectivity index (χ2v) is 3.90. The van der Waals surface area contributed by atoms with Gasteiger partial charge in [-0.3, -0.25) is 4.79 Å². The summed E-state index contributed by atoms with van der Waals surface area (Å²) in [6.45, 7) is 1.70. The van der Waals surface area contributed by atoms with E-state index in [2.05, 4.69) is 4.74 Å². The molecule has 0 heterocycles. The van der Waals surface area contributed by atoms with Gasteiger partial charge in [0.25, 0.3) is 0 Å². The predicted octanol–water partition coefficient (Wildman–Crippen LogP) is 2.19. The summed E-state index contributed by atoms with van der Waals surface area (Å²) in [5.74, 6) is -4.65. The lowest BCUT2D eigenvalue weighted by atomic mass is 10.1. The lowest BCUT2D eigenvalue weighted by molar-refractivity contribution is -0.144. The molecule has 3 nitrogen and oxygen atoms in total. The van der Waals surface area contributed by atoms with E-state index in [-0.39, 0.29) is 18.6 Å². The van der Waals surface area contributed by atoms with Gasteiger partial charge in [-0.2, -0.15) is 0 Å². The Kier molecular flexibility index (Phi) is 4.98. The molecule has 0 amide bonds. The van der Waals surface area contributed by atoms with E-state index in [9.17, 15) is 18.0 Å². The van der Waals surface area contributed by atoms with Crippen LogP contribution in [0.1, 0.15) is 12.5 Å². The van der Waals surface area contributed by atoms with Crippen molar-refractivity contribution in [3.63, 3.8) is 0 Å². The maximum atomic E-state index is 13.5. The fourth-order valence-corrected chi connectivity index (χ4v) is 1.55. The van der Waals surface area contributed by atoms with Crippen molar-refractivity contribution in [3.8, 4) is 0 Å². The van der Waals surface area contributed by atoms with Crippen molar-refractivity contribution in [3.05, 3.63) is 34.1 Å². The Bertz CT molecular complexity index is 468. The molecule has 0 radical (unpaired) electrons. The second kappa shape index (κ2) is 6.06. The first-order chi connectivity index (χ1) is 8.38. The number of carbonyl (C=O) groups is 1. The first kappa shape index (κ1) is 14.8. The molecule has 18 heavy (non-hydrogen) atoms. The van der Waals surface area contributed by atoms with Crippen LogP contribution < -0.4 is 5.73 Å². The number of ether oxygens (including phenoxy) is 1. The van der Waals surface area contributed by atoms with Crippen LogP contribution in [0.15, 0.2) is 6.07 Å². The molecular weight excluding hydrogens is 271 g/mol. The van der Waals surface area contributed by atoms with Crippen LogP contribution in [0.2, 0.25) is 5.02 Å². The molecule has 1 aromatic carbocycles. The molecule has 2 N–H and O–H groups in total. The minimum Gasteiger partial charge on any atom is -0.465 e. The van der Waals surface area contributed by atoms with Crippen molar-refractivity contribution >= 4 is 17.6 Å². The van der Waals surface area contributed by atoms with Gasteiger partial charge in [0.15, 0.2) is 11.6 Å². The molecule has 1 rings (SSSR count). The summed E-state index contributed by atoms with van der Waals surface area (Å²) in [4.78, 5) is 11.2. The van der Waals surface area contributed by atoms with E-state index in [0.717, 1.165) is 0 Å². The third kappa shape index (κ3) is 3.14. The Labute approximate surface area is 107 Å². The second-order valence-electron chi connectivity index (χ2n) is 3.52. The van der Waals surface area contributed by atoms with Gasteiger partial charge in [0.05, 0.1) is 6.61 Å². The van der Waals surface area contributed by atoms with Crippen molar-refractivity contribution in [2.75, 3.05) is 6.61 Å². The number of halogens is 4. The largest absolute Gasteiger partial charge is 0.465 e. The van der Waals surface area contributed by atoms with E-state index < -0.39 is 34.5 Å². The predicted molar refractivity (Wildman–Crippen MR) is 59.6 cm³/mol. The van der Waals surface area contributed by atoms with Crippen LogP contribution in [0.25, 0.3) is 0 Å². The standard InChI is InChI=1S/C11H11ClF3NO2/c1-2-18-11(17)7(16)4-5-3-6(13)10(15)8(12)9(5)14/h3,7H,2,4,16H2,1H3. The van der Waals surface area contributed by atoms with Crippen molar-refractivity contribution < 1.29 is 22.7 Å². The lowest BCUT2D eigenvalue weighted by Crippen LogP contribution is -2.34. The highest BCUT2D eigenvalue weighted by Crippen LogP contribution is 2.25. The van der Waals surface area contributed by atoms with Crippen molar-refractivity contribution in [1.82, 2.24) is 0 Å². The Hall–Kier alpha value is -1.27. The summed E-state index contributed by atoms with van der Waals surface area (Å²) in [6.07, 6.45) is -0.332. The average Bonchev–Trinajstić information content (AvgIpc) is 2.33. The van der Waals surface area contributed by atoms with Gasteiger partial charge in [-0.15, -0.1) is 0 Å². The quantitative estimate of drug-likeness (QED) is 0.523. The molecule has 0 saturated carbocycles. The molecule has 0 aliphatic heterocycles. The zero-order valence-electron chi connectivity index (χ0n) is 9.47. The minimum atomic E-state index is -1.47. The van der Waals surface area contributed by atoms with Gasteiger partial charge >= 0.3 is 5.97 Å². The van der Waals surface area contributed by atoms with Crippen LogP contribution in [0.5, 0.6) is 0 Å². The number of esters is 1. The van der Waals surface area contributed by atoms with E-state index >= 15 is 0 Å². The highest BCUT2D eigenvalue weighted by molar-refractivity contribution is 6.31. The summed E-state index contributed by atoms with van der Waals surface area (Å²) in [5, 5.41) is -0.957. The van der Waals surface area contributed by atoms with E-state index in [4.69, 9.17) is 17.3 Å². The van der Waals surface area contributed by atoms with Crippen molar-refractivity contribution in [2.24, 2.45) is 5.73 Å². The molecule has 0 aromatic heterocycles. The Balaban J connectivity index is 2.95. The lowest BCUT2D eigenvalue weighted by Gasteiger charge is -2.12. The number of hydrogen-bond donors (Lipinski definition) is 1. The maximum Gasteiger partial charge on any atom is 0.323 e. The van der Waals surface area contributed by atoms with Gasteiger partial charge < -0.3 is 10.5 Å². The first-order valence-corrected chi connectivity index (χ1v) is 5.50. The molecule has 0 saturated heterocycles. The summed E-state index contributed by atoms with van der Waals surface area (Å²) in [7, 11) is 0. The summed E-state index contributed by atoms with van der Waals surface area (Å²) >= 11 is 5.27. The zero-order chi connectivity index (χ0) is 13.9. The molecule has 7 heteroatoms. The summed E-state index contributed by atoms with van der Waals surface area (Å²) in [5.41, 5.74) is 5.16. The van der Waals surface area contributed by atoms with E-state index in [1.807, 2.05) is 0 Å². The molecule has 0 spiro atoms. The highest BCUT2D eigenvalue weighted by Gasteiger charge is 2.22. The van der Waals surface area contributed by atoms with Gasteiger partial charge in [-0.1, -0.05) is 11.6 Å². The molecule has 0 aliphatic carbocycles. The van der Waals surface area contributed by atoms with Crippen LogP contribution in [0.3, 0.4) is 0 Å². The van der Waals surface area contributed by atoms with Gasteiger partial charge in [0, 0.05) is 6.42 Å². The number of carbonyl (C=O) groups excluding carboxylic acids is 1. The molecule has 1 atom stereocenters. The van der Waals surface area contributed by atoms with Gasteiger partial charge in [0.2, 0.25) is 0 Å². The third-order valence-corrected chi connectivity index (χ3v) is 2.54. The molecule has 0 aliphatic rings. The van der Waals surface area contributed by atoms with E-state index in [0.29, 0.717) is 6.07 Å². The Morgan fingerprint density at radius 2 is 2.06 bits per heavy atom. The number of rotatable bonds is 4. The molecule has 100 valence electrons. The fourth-order valence-electron chi connectivity index (χ4n) is 1.34. The molecule has 1 unspecified atom stereocenters. The molecule has 1 aromatic rings.